The average Bonchev–Trinajstić information content (AvgIpc) is 2.15. The van der Waals surface area contributed by atoms with Crippen LogP contribution in [0.4, 0.5) is 13.2 Å². The first-order valence-electron chi connectivity index (χ1n) is 4.41. The highest BCUT2D eigenvalue weighted by atomic mass is 19.4. The summed E-state index contributed by atoms with van der Waals surface area (Å²) in [5.41, 5.74) is 0.884. The summed E-state index contributed by atoms with van der Waals surface area (Å²) in [5, 5.41) is 0. The fourth-order valence-corrected chi connectivity index (χ4v) is 1.15. The molecule has 0 aromatic carbocycles. The summed E-state index contributed by atoms with van der Waals surface area (Å²) in [6.07, 6.45) is -0.947. The molecule has 0 aliphatic carbocycles. The van der Waals surface area contributed by atoms with Crippen LogP contribution < -0.4 is 0 Å². The zero-order valence-corrected chi connectivity index (χ0v) is 8.74. The Kier molecular flexibility index (Phi) is 3.17. The number of halogens is 3. The predicted octanol–water partition coefficient (Wildman–Crippen LogP) is 3.71. The van der Waals surface area contributed by atoms with Gasteiger partial charge in [-0.25, -0.2) is 0 Å². The number of pyridine rings is 1. The molecule has 15 heavy (non-hydrogen) atoms. The molecule has 1 nitrogen and oxygen atoms in total. The summed E-state index contributed by atoms with van der Waals surface area (Å²) < 4.78 is 37.8. The summed E-state index contributed by atoms with van der Waals surface area (Å²) in [5.74, 6) is 0. The Hall–Kier alpha value is -1.32. The maximum absolute atomic E-state index is 12.6. The Labute approximate surface area is 86.6 Å². The molecule has 1 radical (unpaired) electrons. The molecule has 0 saturated heterocycles. The predicted molar refractivity (Wildman–Crippen MR) is 52.0 cm³/mol. The molecule has 0 spiro atoms. The van der Waals surface area contributed by atoms with E-state index in [-0.39, 0.29) is 5.56 Å². The molecule has 1 aromatic rings. The summed E-state index contributed by atoms with van der Waals surface area (Å²) in [7, 11) is 0. The van der Waals surface area contributed by atoms with Crippen molar-refractivity contribution >= 4 is 5.57 Å². The van der Waals surface area contributed by atoms with Crippen molar-refractivity contribution in [2.24, 2.45) is 0 Å². The molecule has 4 heteroatoms. The molecule has 0 amide bonds. The molecule has 81 valence electrons. The van der Waals surface area contributed by atoms with Gasteiger partial charge in [-0.3, -0.25) is 4.98 Å². The molecular formula is C11H11F3N. The SMILES string of the molecule is CC(C)=C(C)c1cn[c]cc1C(F)(F)F. The lowest BCUT2D eigenvalue weighted by Crippen LogP contribution is -2.09. The van der Waals surface area contributed by atoms with Crippen molar-refractivity contribution < 1.29 is 13.2 Å². The summed E-state index contributed by atoms with van der Waals surface area (Å²) >= 11 is 0. The zero-order valence-electron chi connectivity index (χ0n) is 8.74. The third-order valence-electron chi connectivity index (χ3n) is 2.23. The zero-order chi connectivity index (χ0) is 11.6. The minimum Gasteiger partial charge on any atom is -0.254 e. The van der Waals surface area contributed by atoms with Gasteiger partial charge in [0.05, 0.1) is 11.8 Å². The molecule has 0 aliphatic heterocycles. The van der Waals surface area contributed by atoms with E-state index in [4.69, 9.17) is 0 Å². The molecule has 1 aromatic heterocycles. The van der Waals surface area contributed by atoms with Crippen molar-refractivity contribution in [3.05, 3.63) is 35.2 Å². The molecule has 0 fully saturated rings. The largest absolute Gasteiger partial charge is 0.417 e. The van der Waals surface area contributed by atoms with Crippen molar-refractivity contribution in [2.45, 2.75) is 26.9 Å². The van der Waals surface area contributed by atoms with Crippen LogP contribution in [0.1, 0.15) is 31.9 Å². The van der Waals surface area contributed by atoms with Gasteiger partial charge in [0, 0.05) is 11.8 Å². The van der Waals surface area contributed by atoms with Crippen LogP contribution in [0.2, 0.25) is 0 Å². The third-order valence-corrected chi connectivity index (χ3v) is 2.23. The van der Waals surface area contributed by atoms with Crippen LogP contribution >= 0.6 is 0 Å². The van der Waals surface area contributed by atoms with Gasteiger partial charge in [0.2, 0.25) is 0 Å². The van der Waals surface area contributed by atoms with Crippen LogP contribution in [-0.4, -0.2) is 4.98 Å². The van der Waals surface area contributed by atoms with Crippen LogP contribution in [0, 0.1) is 6.20 Å². The smallest absolute Gasteiger partial charge is 0.254 e. The third kappa shape index (κ3) is 2.58. The number of alkyl halides is 3. The van der Waals surface area contributed by atoms with E-state index in [1.54, 1.807) is 20.8 Å². The first-order chi connectivity index (χ1) is 6.84. The monoisotopic (exact) mass is 214 g/mol. The normalized spacial score (nSPS) is 11.3. The Bertz CT molecular complexity index is 387. The Morgan fingerprint density at radius 3 is 2.33 bits per heavy atom. The number of nitrogens with zero attached hydrogens (tertiary/aromatic N) is 1. The van der Waals surface area contributed by atoms with E-state index in [9.17, 15) is 13.2 Å². The van der Waals surface area contributed by atoms with Gasteiger partial charge in [-0.15, -0.1) is 0 Å². The molecule has 0 saturated carbocycles. The van der Waals surface area contributed by atoms with Gasteiger partial charge in [0.1, 0.15) is 0 Å². The minimum atomic E-state index is -4.36. The van der Waals surface area contributed by atoms with E-state index in [0.717, 1.165) is 11.6 Å². The van der Waals surface area contributed by atoms with Crippen LogP contribution in [0.3, 0.4) is 0 Å². The van der Waals surface area contributed by atoms with Crippen LogP contribution in [-0.2, 0) is 6.18 Å². The Morgan fingerprint density at radius 1 is 1.27 bits per heavy atom. The highest BCUT2D eigenvalue weighted by Gasteiger charge is 2.33. The second-order valence-corrected chi connectivity index (χ2v) is 3.48. The average molecular weight is 214 g/mol. The van der Waals surface area contributed by atoms with Crippen LogP contribution in [0.5, 0.6) is 0 Å². The lowest BCUT2D eigenvalue weighted by molar-refractivity contribution is -0.137. The molecule has 0 bridgehead atoms. The molecular weight excluding hydrogens is 203 g/mol. The maximum Gasteiger partial charge on any atom is 0.417 e. The van der Waals surface area contributed by atoms with Crippen LogP contribution in [0.25, 0.3) is 5.57 Å². The standard InChI is InChI=1S/C11H11F3N/c1-7(2)8(3)9-6-15-5-4-10(9)11(12,13)14/h4,6H,1-3H3. The van der Waals surface area contributed by atoms with Crippen molar-refractivity contribution in [2.75, 3.05) is 0 Å². The van der Waals surface area contributed by atoms with Gasteiger partial charge in [0.15, 0.2) is 0 Å². The number of hydrogen-bond donors (Lipinski definition) is 0. The van der Waals surface area contributed by atoms with E-state index in [2.05, 4.69) is 11.2 Å². The van der Waals surface area contributed by atoms with Gasteiger partial charge < -0.3 is 0 Å². The lowest BCUT2D eigenvalue weighted by Gasteiger charge is -2.13. The van der Waals surface area contributed by atoms with E-state index >= 15 is 0 Å². The lowest BCUT2D eigenvalue weighted by atomic mass is 10.00. The van der Waals surface area contributed by atoms with Crippen molar-refractivity contribution in [1.82, 2.24) is 4.98 Å². The number of allylic oxidation sites excluding steroid dienone is 2. The van der Waals surface area contributed by atoms with E-state index in [1.165, 1.54) is 6.20 Å². The molecule has 0 N–H and O–H groups in total. The van der Waals surface area contributed by atoms with Gasteiger partial charge in [0.25, 0.3) is 0 Å². The molecule has 0 aliphatic rings. The van der Waals surface area contributed by atoms with E-state index < -0.39 is 11.7 Å². The summed E-state index contributed by atoms with van der Waals surface area (Å²) in [6.45, 7) is 5.19. The van der Waals surface area contributed by atoms with E-state index in [1.807, 2.05) is 0 Å². The second kappa shape index (κ2) is 4.04. The number of hydrogen-bond acceptors (Lipinski definition) is 1. The van der Waals surface area contributed by atoms with Gasteiger partial charge >= 0.3 is 6.18 Å². The highest BCUT2D eigenvalue weighted by Crippen LogP contribution is 2.34. The van der Waals surface area contributed by atoms with Crippen molar-refractivity contribution in [3.8, 4) is 0 Å². The topological polar surface area (TPSA) is 12.9 Å². The Morgan fingerprint density at radius 2 is 1.87 bits per heavy atom. The van der Waals surface area contributed by atoms with Crippen molar-refractivity contribution in [3.63, 3.8) is 0 Å². The van der Waals surface area contributed by atoms with E-state index in [0.29, 0.717) is 5.57 Å². The molecule has 0 atom stereocenters. The maximum atomic E-state index is 12.6. The van der Waals surface area contributed by atoms with Crippen LogP contribution in [0.15, 0.2) is 17.8 Å². The summed E-state index contributed by atoms with van der Waals surface area (Å²) in [6, 6.07) is 0.877. The first-order valence-corrected chi connectivity index (χ1v) is 4.41. The van der Waals surface area contributed by atoms with Gasteiger partial charge in [-0.1, -0.05) is 5.57 Å². The fourth-order valence-electron chi connectivity index (χ4n) is 1.15. The number of rotatable bonds is 1. The first kappa shape index (κ1) is 11.8. The summed E-state index contributed by atoms with van der Waals surface area (Å²) in [4.78, 5) is 3.60. The molecule has 1 rings (SSSR count). The van der Waals surface area contributed by atoms with Gasteiger partial charge in [-0.05, 0) is 32.4 Å². The Balaban J connectivity index is 3.38. The highest BCUT2D eigenvalue weighted by molar-refractivity contribution is 5.68. The molecule has 1 heterocycles. The minimum absolute atomic E-state index is 0.126. The second-order valence-electron chi connectivity index (χ2n) is 3.48. The molecule has 0 unspecified atom stereocenters. The fraction of sp³-hybridized carbons (Fsp3) is 0.364. The number of aromatic nitrogens is 1. The quantitative estimate of drug-likeness (QED) is 0.694. The van der Waals surface area contributed by atoms with Crippen molar-refractivity contribution in [1.29, 1.82) is 0 Å². The van der Waals surface area contributed by atoms with Gasteiger partial charge in [-0.2, -0.15) is 13.2 Å².